The van der Waals surface area contributed by atoms with Gasteiger partial charge in [0, 0.05) is 17.6 Å². The van der Waals surface area contributed by atoms with Gasteiger partial charge in [0.25, 0.3) is 0 Å². The molecule has 1 N–H and O–H groups in total. The third kappa shape index (κ3) is 2.26. The number of aromatic nitrogens is 4. The van der Waals surface area contributed by atoms with Crippen LogP contribution in [0, 0.1) is 0 Å². The van der Waals surface area contributed by atoms with Crippen molar-refractivity contribution in [3.05, 3.63) is 72.7 Å². The summed E-state index contributed by atoms with van der Waals surface area (Å²) in [5.41, 5.74) is 4.73. The van der Waals surface area contributed by atoms with E-state index in [-0.39, 0.29) is 11.5 Å². The fraction of sp³-hybridized carbons (Fsp3) is 0.250. The van der Waals surface area contributed by atoms with Gasteiger partial charge < -0.3 is 10.1 Å². The highest BCUT2D eigenvalue weighted by atomic mass is 16.5. The molecule has 2 atom stereocenters. The molecule has 6 nitrogen and oxygen atoms in total. The molecule has 3 aromatic rings. The Labute approximate surface area is 151 Å². The predicted molar refractivity (Wildman–Crippen MR) is 98.6 cm³/mol. The minimum atomic E-state index is -0.226. The molecule has 26 heavy (non-hydrogen) atoms. The van der Waals surface area contributed by atoms with Gasteiger partial charge in [-0.1, -0.05) is 36.1 Å². The summed E-state index contributed by atoms with van der Waals surface area (Å²) in [7, 11) is 0. The number of hydrogen-bond donors (Lipinski definition) is 1. The molecule has 1 fully saturated rings. The largest absolute Gasteiger partial charge is 0.378 e. The van der Waals surface area contributed by atoms with Gasteiger partial charge in [-0.25, -0.2) is 4.68 Å². The first kappa shape index (κ1) is 15.3. The number of benzene rings is 1. The van der Waals surface area contributed by atoms with E-state index in [2.05, 4.69) is 45.4 Å². The summed E-state index contributed by atoms with van der Waals surface area (Å²) in [4.78, 5) is 4.35. The second kappa shape index (κ2) is 5.78. The molecule has 0 amide bonds. The minimum absolute atomic E-state index is 0.0958. The summed E-state index contributed by atoms with van der Waals surface area (Å²) in [6.45, 7) is 5.53. The zero-order valence-corrected chi connectivity index (χ0v) is 14.3. The average Bonchev–Trinajstić information content (AvgIpc) is 3.28. The number of anilines is 1. The van der Waals surface area contributed by atoms with Crippen molar-refractivity contribution in [2.24, 2.45) is 0 Å². The van der Waals surface area contributed by atoms with E-state index in [1.54, 1.807) is 6.20 Å². The lowest BCUT2D eigenvalue weighted by Crippen LogP contribution is -2.41. The number of fused-ring (bicyclic) bond motifs is 2. The van der Waals surface area contributed by atoms with Crippen LogP contribution in [0.2, 0.25) is 0 Å². The fourth-order valence-corrected chi connectivity index (χ4v) is 4.00. The van der Waals surface area contributed by atoms with Crippen molar-refractivity contribution in [3.8, 4) is 11.4 Å². The second-order valence-electron chi connectivity index (χ2n) is 6.90. The topological polar surface area (TPSA) is 64.9 Å². The van der Waals surface area contributed by atoms with Gasteiger partial charge >= 0.3 is 0 Å². The predicted octanol–water partition coefficient (Wildman–Crippen LogP) is 3.18. The van der Waals surface area contributed by atoms with Crippen molar-refractivity contribution in [1.82, 2.24) is 20.0 Å². The molecule has 0 saturated carbocycles. The summed E-state index contributed by atoms with van der Waals surface area (Å²) in [6, 6.07) is 14.2. The number of hydrogen-bond acceptors (Lipinski definition) is 5. The van der Waals surface area contributed by atoms with Gasteiger partial charge in [0.15, 0.2) is 0 Å². The highest BCUT2D eigenvalue weighted by Crippen LogP contribution is 2.49. The zero-order chi connectivity index (χ0) is 17.6. The van der Waals surface area contributed by atoms with Crippen LogP contribution < -0.4 is 5.32 Å². The molecule has 0 bridgehead atoms. The quantitative estimate of drug-likeness (QED) is 0.773. The molecule has 2 aliphatic heterocycles. The third-order valence-electron chi connectivity index (χ3n) is 5.36. The lowest BCUT2D eigenvalue weighted by Gasteiger charge is -2.38. The van der Waals surface area contributed by atoms with Crippen molar-refractivity contribution in [2.45, 2.75) is 17.9 Å². The molecule has 2 aromatic heterocycles. The summed E-state index contributed by atoms with van der Waals surface area (Å²) >= 11 is 0. The van der Waals surface area contributed by atoms with E-state index in [0.717, 1.165) is 29.2 Å². The first-order chi connectivity index (χ1) is 12.8. The summed E-state index contributed by atoms with van der Waals surface area (Å²) in [5, 5.41) is 12.1. The molecular weight excluding hydrogens is 326 g/mol. The number of pyridine rings is 1. The van der Waals surface area contributed by atoms with Crippen LogP contribution in [0.15, 0.2) is 67.1 Å². The molecule has 2 unspecified atom stereocenters. The standard InChI is InChI=1S/C20H19N5O/c1-14-20(16-6-2-3-7-17(16)22-14)10-15(12-26-13-20)25-11-19(23-24-25)18-8-4-5-9-21-18/h2-9,11,15,22H,1,10,12-13H2. The lowest BCUT2D eigenvalue weighted by molar-refractivity contribution is 0.0125. The Morgan fingerprint density at radius 3 is 2.92 bits per heavy atom. The van der Waals surface area contributed by atoms with Crippen LogP contribution in [0.4, 0.5) is 5.69 Å². The minimum Gasteiger partial charge on any atom is -0.378 e. The van der Waals surface area contributed by atoms with E-state index in [0.29, 0.717) is 13.2 Å². The molecule has 2 aliphatic rings. The molecule has 5 rings (SSSR count). The van der Waals surface area contributed by atoms with Gasteiger partial charge in [0.2, 0.25) is 0 Å². The van der Waals surface area contributed by atoms with E-state index in [9.17, 15) is 0 Å². The van der Waals surface area contributed by atoms with Gasteiger partial charge in [0.05, 0.1) is 36.6 Å². The normalized spacial score (nSPS) is 24.5. The summed E-state index contributed by atoms with van der Waals surface area (Å²) < 4.78 is 7.91. The first-order valence-electron chi connectivity index (χ1n) is 8.73. The van der Waals surface area contributed by atoms with E-state index >= 15 is 0 Å². The van der Waals surface area contributed by atoms with Crippen LogP contribution >= 0.6 is 0 Å². The van der Waals surface area contributed by atoms with Crippen LogP contribution in [0.3, 0.4) is 0 Å². The summed E-state index contributed by atoms with van der Waals surface area (Å²) in [5.74, 6) is 0. The molecule has 0 aliphatic carbocycles. The monoisotopic (exact) mass is 345 g/mol. The van der Waals surface area contributed by atoms with Crippen molar-refractivity contribution >= 4 is 5.69 Å². The molecule has 6 heteroatoms. The summed E-state index contributed by atoms with van der Waals surface area (Å²) in [6.07, 6.45) is 4.59. The van der Waals surface area contributed by atoms with Gasteiger partial charge in [-0.2, -0.15) is 0 Å². The van der Waals surface area contributed by atoms with E-state index in [1.165, 1.54) is 5.56 Å². The molecule has 0 radical (unpaired) electrons. The van der Waals surface area contributed by atoms with Gasteiger partial charge in [-0.05, 0) is 30.2 Å². The van der Waals surface area contributed by atoms with Crippen molar-refractivity contribution < 1.29 is 4.74 Å². The first-order valence-corrected chi connectivity index (χ1v) is 8.73. The highest BCUT2D eigenvalue weighted by Gasteiger charge is 2.47. The number of nitrogens with zero attached hydrogens (tertiary/aromatic N) is 4. The Bertz CT molecular complexity index is 967. The molecular formula is C20H19N5O. The zero-order valence-electron chi connectivity index (χ0n) is 14.3. The lowest BCUT2D eigenvalue weighted by atomic mass is 9.74. The Morgan fingerprint density at radius 1 is 1.15 bits per heavy atom. The number of rotatable bonds is 2. The number of nitrogens with one attached hydrogen (secondary N) is 1. The maximum absolute atomic E-state index is 6.01. The van der Waals surface area contributed by atoms with Crippen LogP contribution in [0.5, 0.6) is 0 Å². The van der Waals surface area contributed by atoms with Crippen LogP contribution in [0.25, 0.3) is 11.4 Å². The Balaban J connectivity index is 1.47. The highest BCUT2D eigenvalue weighted by molar-refractivity contribution is 5.68. The molecule has 4 heterocycles. The molecule has 130 valence electrons. The maximum atomic E-state index is 6.01. The van der Waals surface area contributed by atoms with Crippen molar-refractivity contribution in [2.75, 3.05) is 18.5 Å². The fourth-order valence-electron chi connectivity index (χ4n) is 4.00. The van der Waals surface area contributed by atoms with Crippen LogP contribution in [0.1, 0.15) is 18.0 Å². The smallest absolute Gasteiger partial charge is 0.131 e. The molecule has 1 saturated heterocycles. The Kier molecular flexibility index (Phi) is 3.39. The van der Waals surface area contributed by atoms with Crippen LogP contribution in [-0.4, -0.2) is 33.2 Å². The van der Waals surface area contributed by atoms with E-state index < -0.39 is 0 Å². The van der Waals surface area contributed by atoms with Gasteiger partial charge in [0.1, 0.15) is 5.69 Å². The van der Waals surface area contributed by atoms with Crippen molar-refractivity contribution in [3.63, 3.8) is 0 Å². The Morgan fingerprint density at radius 2 is 2.04 bits per heavy atom. The average molecular weight is 345 g/mol. The third-order valence-corrected chi connectivity index (χ3v) is 5.36. The van der Waals surface area contributed by atoms with Gasteiger partial charge in [-0.15, -0.1) is 5.10 Å². The number of para-hydroxylation sites is 1. The Hall–Kier alpha value is -2.99. The van der Waals surface area contributed by atoms with Crippen molar-refractivity contribution in [1.29, 1.82) is 0 Å². The SMILES string of the molecule is C=C1Nc2ccccc2C12COCC(n1cc(-c3ccccn3)nn1)C2. The molecule has 1 aromatic carbocycles. The maximum Gasteiger partial charge on any atom is 0.131 e. The number of ether oxygens (including phenoxy) is 1. The van der Waals surface area contributed by atoms with E-state index in [4.69, 9.17) is 4.74 Å². The molecule has 1 spiro atoms. The second-order valence-corrected chi connectivity index (χ2v) is 6.90. The van der Waals surface area contributed by atoms with E-state index in [1.807, 2.05) is 35.1 Å². The van der Waals surface area contributed by atoms with Crippen LogP contribution in [-0.2, 0) is 10.2 Å². The van der Waals surface area contributed by atoms with Gasteiger partial charge in [-0.3, -0.25) is 4.98 Å².